The summed E-state index contributed by atoms with van der Waals surface area (Å²) in [5.74, 6) is 3.50. The van der Waals surface area contributed by atoms with Gasteiger partial charge in [0.2, 0.25) is 0 Å². The Kier molecular flexibility index (Phi) is 3.29. The van der Waals surface area contributed by atoms with Crippen molar-refractivity contribution in [2.45, 2.75) is 31.3 Å². The third kappa shape index (κ3) is 2.13. The Morgan fingerprint density at radius 1 is 1.08 bits per heavy atom. The molecular formula is C15H18F2N6O2. The van der Waals surface area contributed by atoms with E-state index in [4.69, 9.17) is 17.3 Å². The predicted molar refractivity (Wildman–Crippen MR) is 90.0 cm³/mol. The molecule has 8 nitrogen and oxygen atoms in total. The molecule has 25 heavy (non-hydrogen) atoms. The minimum absolute atomic E-state index is 0.210. The second-order valence-electron chi connectivity index (χ2n) is 6.67. The van der Waals surface area contributed by atoms with Crippen LogP contribution in [-0.2, 0) is 0 Å². The number of rotatable bonds is 2. The van der Waals surface area contributed by atoms with Crippen molar-refractivity contribution in [2.24, 2.45) is 5.73 Å². The average molecular weight is 352 g/mol. The second kappa shape index (κ2) is 5.19. The number of aromatic nitrogens is 2. The van der Waals surface area contributed by atoms with Gasteiger partial charge in [0.15, 0.2) is 11.6 Å². The normalized spacial score (nSPS) is 20.6. The summed E-state index contributed by atoms with van der Waals surface area (Å²) < 4.78 is 31.6. The molecule has 0 radical (unpaired) electrons. The van der Waals surface area contributed by atoms with Gasteiger partial charge < -0.3 is 22.2 Å². The first-order chi connectivity index (χ1) is 11.8. The molecular weight excluding hydrogens is 334 g/mol. The highest BCUT2D eigenvalue weighted by Gasteiger charge is 2.34. The molecule has 1 aliphatic heterocycles. The summed E-state index contributed by atoms with van der Waals surface area (Å²) in [5.41, 5.74) is 8.65. The molecule has 1 saturated heterocycles. The molecule has 134 valence electrons. The number of anilines is 2. The highest BCUT2D eigenvalue weighted by Crippen LogP contribution is 2.40. The molecule has 6 N–H and O–H groups in total. The number of hydrogen-bond donors (Lipinski definition) is 3. The Balaban J connectivity index is 2.14. The van der Waals surface area contributed by atoms with E-state index in [0.717, 1.165) is 4.57 Å². The molecule has 0 unspecified atom stereocenters. The average Bonchev–Trinajstić information content (AvgIpc) is 3.32. The number of benzene rings is 1. The summed E-state index contributed by atoms with van der Waals surface area (Å²) in [7, 11) is 0. The first kappa shape index (κ1) is 15.9. The fourth-order valence-electron chi connectivity index (χ4n) is 3.48. The van der Waals surface area contributed by atoms with Crippen LogP contribution in [0.4, 0.5) is 20.2 Å². The fourth-order valence-corrected chi connectivity index (χ4v) is 3.48. The smallest absolute Gasteiger partial charge is 0.350 e. The highest BCUT2D eigenvalue weighted by atomic mass is 19.1. The lowest BCUT2D eigenvalue weighted by Crippen LogP contribution is -2.45. The number of hydrogen-bond acceptors (Lipinski definition) is 6. The summed E-state index contributed by atoms with van der Waals surface area (Å²) in [6.07, 6.45) is 1.87. The largest absolute Gasteiger partial charge is 0.396 e. The van der Waals surface area contributed by atoms with E-state index in [0.29, 0.717) is 30.5 Å². The van der Waals surface area contributed by atoms with Gasteiger partial charge in [-0.15, -0.1) is 0 Å². The van der Waals surface area contributed by atoms with Crippen molar-refractivity contribution in [3.05, 3.63) is 32.5 Å². The molecule has 10 heteroatoms. The lowest BCUT2D eigenvalue weighted by Gasteiger charge is -2.23. The molecule has 1 aromatic carbocycles. The SMILES string of the molecule is Nc1c(F)c(N2CC[C@H](N)C2)c(F)c2c1c(=O)n(N)c(=O)n2C1CC1. The van der Waals surface area contributed by atoms with Crippen molar-refractivity contribution in [2.75, 3.05) is 29.6 Å². The molecule has 1 atom stereocenters. The van der Waals surface area contributed by atoms with Crippen LogP contribution < -0.4 is 33.5 Å². The van der Waals surface area contributed by atoms with Gasteiger partial charge in [0, 0.05) is 25.2 Å². The number of nitrogen functional groups attached to an aromatic ring is 2. The van der Waals surface area contributed by atoms with Gasteiger partial charge in [-0.05, 0) is 19.3 Å². The van der Waals surface area contributed by atoms with Crippen molar-refractivity contribution in [1.82, 2.24) is 9.24 Å². The first-order valence-electron chi connectivity index (χ1n) is 8.06. The maximum absolute atomic E-state index is 15.3. The maximum Gasteiger partial charge on any atom is 0.350 e. The van der Waals surface area contributed by atoms with Gasteiger partial charge in [0.25, 0.3) is 5.56 Å². The monoisotopic (exact) mass is 352 g/mol. The molecule has 0 spiro atoms. The van der Waals surface area contributed by atoms with E-state index in [2.05, 4.69) is 0 Å². The van der Waals surface area contributed by atoms with Crippen LogP contribution >= 0.6 is 0 Å². The summed E-state index contributed by atoms with van der Waals surface area (Å²) in [6.45, 7) is 0.627. The Bertz CT molecular complexity index is 1010. The van der Waals surface area contributed by atoms with E-state index >= 15 is 4.39 Å². The quantitative estimate of drug-likeness (QED) is 0.499. The molecule has 0 bridgehead atoms. The van der Waals surface area contributed by atoms with Gasteiger partial charge in [0.05, 0.1) is 16.6 Å². The van der Waals surface area contributed by atoms with E-state index in [9.17, 15) is 14.0 Å². The maximum atomic E-state index is 15.3. The summed E-state index contributed by atoms with van der Waals surface area (Å²) in [6, 6.07) is -0.489. The van der Waals surface area contributed by atoms with Crippen LogP contribution in [0.25, 0.3) is 10.9 Å². The van der Waals surface area contributed by atoms with Crippen molar-refractivity contribution < 1.29 is 8.78 Å². The minimum atomic E-state index is -1.03. The first-order valence-corrected chi connectivity index (χ1v) is 8.06. The molecule has 0 amide bonds. The third-order valence-electron chi connectivity index (χ3n) is 4.91. The molecule has 1 aromatic heterocycles. The van der Waals surface area contributed by atoms with E-state index < -0.39 is 34.0 Å². The van der Waals surface area contributed by atoms with Crippen LogP contribution in [0.1, 0.15) is 25.3 Å². The standard InChI is InChI=1S/C15H18F2N6O2/c16-9-11(19)8-12(10(17)13(9)21-4-3-6(18)5-21)22(7-1-2-7)15(25)23(20)14(8)24/h6-7H,1-5,18-20H2/t6-/m0/s1. The van der Waals surface area contributed by atoms with Gasteiger partial charge in [-0.2, -0.15) is 4.68 Å². The van der Waals surface area contributed by atoms with Crippen molar-refractivity contribution in [3.63, 3.8) is 0 Å². The van der Waals surface area contributed by atoms with E-state index in [-0.39, 0.29) is 29.8 Å². The Labute approximate surface area is 140 Å². The topological polar surface area (TPSA) is 125 Å². The van der Waals surface area contributed by atoms with E-state index in [1.165, 1.54) is 4.90 Å². The van der Waals surface area contributed by atoms with Crippen LogP contribution in [-0.4, -0.2) is 28.4 Å². The number of nitrogens with two attached hydrogens (primary N) is 3. The molecule has 2 fully saturated rings. The van der Waals surface area contributed by atoms with E-state index in [1.54, 1.807) is 0 Å². The Morgan fingerprint density at radius 3 is 2.32 bits per heavy atom. The molecule has 2 aromatic rings. The highest BCUT2D eigenvalue weighted by molar-refractivity contribution is 5.94. The fraction of sp³-hybridized carbons (Fsp3) is 0.467. The zero-order valence-corrected chi connectivity index (χ0v) is 13.3. The predicted octanol–water partition coefficient (Wildman–Crippen LogP) is -0.390. The van der Waals surface area contributed by atoms with E-state index in [1.807, 2.05) is 0 Å². The molecule has 2 heterocycles. The Hall–Kier alpha value is -2.62. The zero-order valence-electron chi connectivity index (χ0n) is 13.3. The van der Waals surface area contributed by atoms with Gasteiger partial charge in [-0.1, -0.05) is 0 Å². The zero-order chi connectivity index (χ0) is 18.0. The second-order valence-corrected chi connectivity index (χ2v) is 6.67. The van der Waals surface area contributed by atoms with Crippen LogP contribution in [0.3, 0.4) is 0 Å². The lowest BCUT2D eigenvalue weighted by atomic mass is 10.1. The van der Waals surface area contributed by atoms with Gasteiger partial charge in [-0.25, -0.2) is 13.6 Å². The summed E-state index contributed by atoms with van der Waals surface area (Å²) >= 11 is 0. The Morgan fingerprint density at radius 2 is 1.76 bits per heavy atom. The number of nitrogens with zero attached hydrogens (tertiary/aromatic N) is 3. The summed E-state index contributed by atoms with van der Waals surface area (Å²) in [4.78, 5) is 26.2. The third-order valence-corrected chi connectivity index (χ3v) is 4.91. The van der Waals surface area contributed by atoms with Crippen LogP contribution in [0, 0.1) is 11.6 Å². The lowest BCUT2D eigenvalue weighted by molar-refractivity contribution is 0.571. The van der Waals surface area contributed by atoms with Gasteiger partial charge in [0.1, 0.15) is 5.69 Å². The van der Waals surface area contributed by atoms with Crippen molar-refractivity contribution in [3.8, 4) is 0 Å². The van der Waals surface area contributed by atoms with Crippen molar-refractivity contribution >= 4 is 22.3 Å². The minimum Gasteiger partial charge on any atom is -0.396 e. The molecule has 1 aliphatic carbocycles. The molecule has 2 aliphatic rings. The number of halogens is 2. The van der Waals surface area contributed by atoms with Crippen LogP contribution in [0.5, 0.6) is 0 Å². The molecule has 1 saturated carbocycles. The summed E-state index contributed by atoms with van der Waals surface area (Å²) in [5, 5.41) is -0.406. The van der Waals surface area contributed by atoms with Gasteiger partial charge in [-0.3, -0.25) is 9.36 Å². The van der Waals surface area contributed by atoms with Crippen LogP contribution in [0.15, 0.2) is 9.59 Å². The van der Waals surface area contributed by atoms with Crippen molar-refractivity contribution in [1.29, 1.82) is 0 Å². The van der Waals surface area contributed by atoms with Crippen LogP contribution in [0.2, 0.25) is 0 Å². The van der Waals surface area contributed by atoms with Gasteiger partial charge >= 0.3 is 5.69 Å². The molecule has 4 rings (SSSR count). The number of fused-ring (bicyclic) bond motifs is 1.